The topological polar surface area (TPSA) is 93.6 Å². The first-order valence-corrected chi connectivity index (χ1v) is 7.95. The number of anilines is 1. The number of hydrogen-bond donors (Lipinski definition) is 3. The molecular formula is C16H15ClF3N5O. The quantitative estimate of drug-likeness (QED) is 0.665. The molecule has 0 spiro atoms. The molecule has 0 bridgehead atoms. The highest BCUT2D eigenvalue weighted by atomic mass is 35.5. The van der Waals surface area contributed by atoms with Gasteiger partial charge in [0.25, 0.3) is 5.91 Å². The summed E-state index contributed by atoms with van der Waals surface area (Å²) < 4.78 is 38.7. The van der Waals surface area contributed by atoms with Crippen molar-refractivity contribution in [2.45, 2.75) is 19.0 Å². The average Bonchev–Trinajstić information content (AvgIpc) is 2.96. The third kappa shape index (κ3) is 4.53. The number of carbonyl (C=O) groups is 1. The Morgan fingerprint density at radius 3 is 2.77 bits per heavy atom. The molecule has 0 aliphatic rings. The first kappa shape index (κ1) is 19.8. The van der Waals surface area contributed by atoms with Gasteiger partial charge in [-0.05, 0) is 44.6 Å². The Labute approximate surface area is 152 Å². The number of aromatic amines is 1. The Morgan fingerprint density at radius 1 is 1.42 bits per heavy atom. The second-order valence-electron chi connectivity index (χ2n) is 5.39. The molecule has 3 N–H and O–H groups in total. The van der Waals surface area contributed by atoms with Crippen LogP contribution in [0.1, 0.15) is 33.6 Å². The van der Waals surface area contributed by atoms with Crippen molar-refractivity contribution < 1.29 is 18.0 Å². The van der Waals surface area contributed by atoms with Crippen LogP contribution in [0.5, 0.6) is 0 Å². The van der Waals surface area contributed by atoms with Crippen LogP contribution in [0.3, 0.4) is 0 Å². The van der Waals surface area contributed by atoms with Crippen molar-refractivity contribution in [1.29, 1.82) is 5.26 Å². The van der Waals surface area contributed by atoms with Gasteiger partial charge < -0.3 is 10.6 Å². The van der Waals surface area contributed by atoms with Gasteiger partial charge in [-0.25, -0.2) is 0 Å². The molecule has 1 heterocycles. The summed E-state index contributed by atoms with van der Waals surface area (Å²) in [6.45, 7) is 0.733. The Bertz CT molecular complexity index is 841. The molecule has 0 fully saturated rings. The van der Waals surface area contributed by atoms with E-state index in [4.69, 9.17) is 11.6 Å². The van der Waals surface area contributed by atoms with Gasteiger partial charge in [0.2, 0.25) is 0 Å². The minimum Gasteiger partial charge on any atom is -0.320 e. The van der Waals surface area contributed by atoms with Crippen LogP contribution in [-0.2, 0) is 12.6 Å². The molecule has 2 aromatic rings. The van der Waals surface area contributed by atoms with Gasteiger partial charge in [0, 0.05) is 5.56 Å². The number of alkyl halides is 3. The molecule has 0 atom stereocenters. The van der Waals surface area contributed by atoms with E-state index in [1.54, 1.807) is 7.05 Å². The zero-order valence-corrected chi connectivity index (χ0v) is 14.4. The molecule has 1 aromatic heterocycles. The van der Waals surface area contributed by atoms with Crippen molar-refractivity contribution in [3.8, 4) is 6.07 Å². The van der Waals surface area contributed by atoms with E-state index in [0.717, 1.165) is 19.0 Å². The number of rotatable bonds is 6. The van der Waals surface area contributed by atoms with Crippen LogP contribution in [-0.4, -0.2) is 29.7 Å². The number of benzene rings is 1. The third-order valence-electron chi connectivity index (χ3n) is 3.57. The average molecular weight is 386 g/mol. The minimum absolute atomic E-state index is 0.0273. The number of nitrogens with zero attached hydrogens (tertiary/aromatic N) is 2. The van der Waals surface area contributed by atoms with Crippen molar-refractivity contribution in [2.75, 3.05) is 18.9 Å². The zero-order chi connectivity index (χ0) is 19.3. The van der Waals surface area contributed by atoms with E-state index >= 15 is 0 Å². The Morgan fingerprint density at radius 2 is 2.15 bits per heavy atom. The molecule has 1 amide bonds. The summed E-state index contributed by atoms with van der Waals surface area (Å²) >= 11 is 5.54. The smallest absolute Gasteiger partial charge is 0.320 e. The van der Waals surface area contributed by atoms with Gasteiger partial charge in [0.1, 0.15) is 11.6 Å². The van der Waals surface area contributed by atoms with E-state index in [9.17, 15) is 23.2 Å². The zero-order valence-electron chi connectivity index (χ0n) is 13.7. The predicted molar refractivity (Wildman–Crippen MR) is 90.0 cm³/mol. The van der Waals surface area contributed by atoms with Gasteiger partial charge in [-0.2, -0.15) is 23.5 Å². The van der Waals surface area contributed by atoms with E-state index < -0.39 is 22.7 Å². The first-order chi connectivity index (χ1) is 12.3. The van der Waals surface area contributed by atoms with Crippen LogP contribution < -0.4 is 10.6 Å². The van der Waals surface area contributed by atoms with Crippen molar-refractivity contribution in [2.24, 2.45) is 0 Å². The monoisotopic (exact) mass is 385 g/mol. The fourth-order valence-electron chi connectivity index (χ4n) is 2.28. The van der Waals surface area contributed by atoms with E-state index in [1.807, 2.05) is 6.07 Å². The Hall–Kier alpha value is -2.57. The van der Waals surface area contributed by atoms with Crippen molar-refractivity contribution in [1.82, 2.24) is 15.5 Å². The van der Waals surface area contributed by atoms with Crippen molar-refractivity contribution >= 4 is 23.3 Å². The number of nitrogens with one attached hydrogen (secondary N) is 3. The van der Waals surface area contributed by atoms with Gasteiger partial charge in [0.15, 0.2) is 5.82 Å². The number of carbonyl (C=O) groups excluding carboxylic acids is 1. The van der Waals surface area contributed by atoms with E-state index in [2.05, 4.69) is 20.8 Å². The number of aryl methyl sites for hydroxylation is 1. The van der Waals surface area contributed by atoms with Crippen LogP contribution in [0.4, 0.5) is 19.0 Å². The lowest BCUT2D eigenvalue weighted by Gasteiger charge is -2.10. The van der Waals surface area contributed by atoms with Crippen LogP contribution in [0.2, 0.25) is 5.02 Å². The summed E-state index contributed by atoms with van der Waals surface area (Å²) in [6.07, 6.45) is -3.41. The minimum atomic E-state index is -4.68. The second-order valence-corrected chi connectivity index (χ2v) is 5.80. The van der Waals surface area contributed by atoms with Crippen molar-refractivity contribution in [3.63, 3.8) is 0 Å². The normalized spacial score (nSPS) is 11.2. The number of aromatic nitrogens is 2. The Balaban J connectivity index is 2.22. The highest BCUT2D eigenvalue weighted by molar-refractivity contribution is 6.31. The van der Waals surface area contributed by atoms with Gasteiger partial charge in [-0.15, -0.1) is 0 Å². The number of nitriles is 1. The van der Waals surface area contributed by atoms with Gasteiger partial charge in [0.05, 0.1) is 16.3 Å². The van der Waals surface area contributed by atoms with Crippen LogP contribution >= 0.6 is 11.6 Å². The number of H-pyrrole nitrogens is 1. The lowest BCUT2D eigenvalue weighted by Crippen LogP contribution is -2.15. The lowest BCUT2D eigenvalue weighted by molar-refractivity contribution is -0.137. The number of halogens is 4. The van der Waals surface area contributed by atoms with E-state index in [0.29, 0.717) is 18.2 Å². The number of hydrogen-bond acceptors (Lipinski definition) is 4. The van der Waals surface area contributed by atoms with Crippen molar-refractivity contribution in [3.05, 3.63) is 45.6 Å². The summed E-state index contributed by atoms with van der Waals surface area (Å²) in [7, 11) is 1.80. The van der Waals surface area contributed by atoms with E-state index in [-0.39, 0.29) is 16.9 Å². The summed E-state index contributed by atoms with van der Waals surface area (Å²) in [4.78, 5) is 12.2. The maximum atomic E-state index is 12.9. The fraction of sp³-hybridized carbons (Fsp3) is 0.312. The molecule has 0 radical (unpaired) electrons. The predicted octanol–water partition coefficient (Wildman–Crippen LogP) is 3.36. The van der Waals surface area contributed by atoms with Crippen LogP contribution in [0.25, 0.3) is 0 Å². The van der Waals surface area contributed by atoms with Crippen LogP contribution in [0, 0.1) is 11.3 Å². The summed E-state index contributed by atoms with van der Waals surface area (Å²) in [5.41, 5.74) is -0.656. The lowest BCUT2D eigenvalue weighted by atomic mass is 10.1. The second kappa shape index (κ2) is 8.21. The maximum Gasteiger partial charge on any atom is 0.417 e. The summed E-state index contributed by atoms with van der Waals surface area (Å²) in [5.74, 6) is -0.850. The van der Waals surface area contributed by atoms with Gasteiger partial charge in [-0.3, -0.25) is 9.89 Å². The standard InChI is InChI=1S/C16H15ClF3N5O/c1-22-6-2-3-13-10(8-21)14(25-24-13)23-15(26)9-4-5-12(17)11(7-9)16(18,19)20/h4-5,7,22H,2-3,6H2,1H3,(H2,23,24,25,26). The number of amides is 1. The molecule has 26 heavy (non-hydrogen) atoms. The third-order valence-corrected chi connectivity index (χ3v) is 3.90. The Kier molecular flexibility index (Phi) is 6.23. The molecule has 6 nitrogen and oxygen atoms in total. The highest BCUT2D eigenvalue weighted by Gasteiger charge is 2.34. The molecule has 0 saturated carbocycles. The van der Waals surface area contributed by atoms with Gasteiger partial charge in [-0.1, -0.05) is 11.6 Å². The van der Waals surface area contributed by atoms with E-state index in [1.165, 1.54) is 6.07 Å². The molecule has 0 aliphatic carbocycles. The molecule has 0 saturated heterocycles. The fourth-order valence-corrected chi connectivity index (χ4v) is 2.50. The molecule has 10 heteroatoms. The SMILES string of the molecule is CNCCCc1[nH]nc(NC(=O)c2ccc(Cl)c(C(F)(F)F)c2)c1C#N. The molecular weight excluding hydrogens is 371 g/mol. The van der Waals surface area contributed by atoms with Gasteiger partial charge >= 0.3 is 6.18 Å². The molecule has 138 valence electrons. The molecule has 0 unspecified atom stereocenters. The maximum absolute atomic E-state index is 12.9. The summed E-state index contributed by atoms with van der Waals surface area (Å²) in [6, 6.07) is 4.76. The molecule has 1 aromatic carbocycles. The van der Waals surface area contributed by atoms with Crippen LogP contribution in [0.15, 0.2) is 18.2 Å². The first-order valence-electron chi connectivity index (χ1n) is 7.58. The highest BCUT2D eigenvalue weighted by Crippen LogP contribution is 2.35. The largest absolute Gasteiger partial charge is 0.417 e. The summed E-state index contributed by atoms with van der Waals surface area (Å²) in [5, 5.41) is 20.6. The molecule has 0 aliphatic heterocycles. The molecule has 2 rings (SSSR count).